The van der Waals surface area contributed by atoms with E-state index in [0.29, 0.717) is 12.4 Å². The number of aliphatic imine (C=N–C) groups is 1. The Balaban J connectivity index is -0.0000000404. The lowest BCUT2D eigenvalue weighted by Gasteiger charge is -2.31. The molecule has 3 saturated carbocycles. The number of hydrogen-bond donors (Lipinski definition) is 5. The summed E-state index contributed by atoms with van der Waals surface area (Å²) in [4.78, 5) is 19.8. The lowest BCUT2D eigenvalue weighted by atomic mass is 9.95. The van der Waals surface area contributed by atoms with Crippen molar-refractivity contribution in [3.8, 4) is 4.98 Å². The molecule has 3 fully saturated rings. The zero-order valence-electron chi connectivity index (χ0n) is 37.9. The van der Waals surface area contributed by atoms with E-state index in [0.717, 1.165) is 51.4 Å². The highest BCUT2D eigenvalue weighted by molar-refractivity contribution is 9.12. The molecule has 20 heteroatoms. The van der Waals surface area contributed by atoms with Gasteiger partial charge in [-0.15, -0.1) is 17.9 Å². The van der Waals surface area contributed by atoms with Gasteiger partial charge in [0.15, 0.2) is 0 Å². The second-order valence-corrected chi connectivity index (χ2v) is 16.8. The second-order valence-electron chi connectivity index (χ2n) is 14.5. The normalized spacial score (nSPS) is 15.8. The predicted molar refractivity (Wildman–Crippen MR) is 294 cm³/mol. The molecule has 0 bridgehead atoms. The molecule has 0 aromatic rings. The van der Waals surface area contributed by atoms with E-state index in [1.54, 1.807) is 4.98 Å². The molecule has 0 aromatic heterocycles. The molecule has 3 atom stereocenters. The molecule has 0 aromatic carbocycles. The van der Waals surface area contributed by atoms with Crippen LogP contribution < -0.4 is 16.2 Å². The molecule has 1 aliphatic heterocycles. The van der Waals surface area contributed by atoms with Crippen LogP contribution in [0.4, 0.5) is 0 Å². The molecule has 0 saturated heterocycles. The number of hydrogen-bond acceptors (Lipinski definition) is 12. The Bertz CT molecular complexity index is 989. The first-order chi connectivity index (χ1) is 25.9. The first kappa shape index (κ1) is 95.0. The summed E-state index contributed by atoms with van der Waals surface area (Å²) in [5.41, 5.74) is 9.95. The van der Waals surface area contributed by atoms with Crippen LogP contribution in [0.25, 0.3) is 0 Å². The van der Waals surface area contributed by atoms with Crippen LogP contribution in [0.3, 0.4) is 0 Å². The monoisotopic (exact) mass is 1180 g/mol. The topological polar surface area (TPSA) is 249 Å². The molecule has 1 spiro atoms. The van der Waals surface area contributed by atoms with E-state index >= 15 is 0 Å². The number of amidine groups is 1. The summed E-state index contributed by atoms with van der Waals surface area (Å²) in [7, 11) is 3.59. The quantitative estimate of drug-likeness (QED) is 0.0950. The van der Waals surface area contributed by atoms with Crippen molar-refractivity contribution in [2.45, 2.75) is 230 Å². The van der Waals surface area contributed by atoms with Crippen LogP contribution in [-0.2, 0) is 15.7 Å². The summed E-state index contributed by atoms with van der Waals surface area (Å²) in [6.45, 7) is 29.9. The number of alkyl halides is 3. The largest absolute Gasteiger partial charge is 0.459 e. The number of halogens is 4. The molecule has 13 nitrogen and oxygen atoms in total. The lowest BCUT2D eigenvalue weighted by molar-refractivity contribution is 0.103. The van der Waals surface area contributed by atoms with Crippen molar-refractivity contribution < 1.29 is 19.2 Å². The molecule has 1 heterocycles. The molecule has 60 heavy (non-hydrogen) atoms. The van der Waals surface area contributed by atoms with Gasteiger partial charge in [-0.3, -0.25) is 0 Å². The number of nitrogens with zero attached hydrogens (tertiary/aromatic N) is 4. The molecule has 3 aliphatic carbocycles. The van der Waals surface area contributed by atoms with E-state index < -0.39 is 22.2 Å². The van der Waals surface area contributed by atoms with Crippen LogP contribution in [0.15, 0.2) is 4.99 Å². The van der Waals surface area contributed by atoms with Gasteiger partial charge in [0, 0.05) is 54.1 Å². The van der Waals surface area contributed by atoms with Crippen molar-refractivity contribution >= 4 is 98.6 Å². The van der Waals surface area contributed by atoms with Crippen molar-refractivity contribution in [2.24, 2.45) is 16.5 Å². The molecule has 0 radical (unpaired) electrons. The van der Waals surface area contributed by atoms with Crippen LogP contribution in [0.2, 0.25) is 0 Å². The third-order valence-corrected chi connectivity index (χ3v) is 8.28. The first-order valence-corrected chi connectivity index (χ1v) is 27.6. The maximum absolute atomic E-state index is 11.9. The summed E-state index contributed by atoms with van der Waals surface area (Å²) in [6.07, 6.45) is 8.34. The van der Waals surface area contributed by atoms with Gasteiger partial charge in [0.25, 0.3) is 6.02 Å². The van der Waals surface area contributed by atoms with E-state index in [1.807, 2.05) is 108 Å². The fourth-order valence-corrected chi connectivity index (χ4v) is 5.46. The third-order valence-electron chi connectivity index (χ3n) is 6.43. The van der Waals surface area contributed by atoms with Crippen molar-refractivity contribution in [2.75, 3.05) is 17.5 Å². The highest BCUT2D eigenvalue weighted by atomic mass is 79.9. The van der Waals surface area contributed by atoms with E-state index in [2.05, 4.69) is 105 Å². The van der Waals surface area contributed by atoms with Crippen molar-refractivity contribution in [1.82, 2.24) is 4.72 Å². The van der Waals surface area contributed by atoms with Gasteiger partial charge < -0.3 is 26.4 Å². The number of rotatable bonds is 6. The van der Waals surface area contributed by atoms with Gasteiger partial charge >= 0.3 is 0 Å². The van der Waals surface area contributed by atoms with E-state index in [9.17, 15) is 14.4 Å². The Kier molecular flexibility index (Phi) is 85.3. The average Bonchev–Trinajstić information content (AvgIpc) is 4.11. The van der Waals surface area contributed by atoms with Gasteiger partial charge in [-0.1, -0.05) is 119 Å². The summed E-state index contributed by atoms with van der Waals surface area (Å²) in [6, 6.07) is 0.374. The van der Waals surface area contributed by atoms with Gasteiger partial charge in [-0.25, -0.2) is 13.9 Å². The van der Waals surface area contributed by atoms with Crippen molar-refractivity contribution in [1.29, 1.82) is 16.0 Å². The Hall–Kier alpha value is 0.550. The van der Waals surface area contributed by atoms with Crippen molar-refractivity contribution in [3.63, 3.8) is 0 Å². The highest BCUT2D eigenvalue weighted by Gasteiger charge is 2.52. The van der Waals surface area contributed by atoms with E-state index in [-0.39, 0.29) is 56.7 Å². The molecular formula is C40H99Br4N7O6P2S. The maximum atomic E-state index is 11.9. The van der Waals surface area contributed by atoms with Crippen LogP contribution in [0.1, 0.15) is 191 Å². The molecular weight excluding hydrogens is 1090 g/mol. The summed E-state index contributed by atoms with van der Waals surface area (Å²) >= 11 is 11.3. The van der Waals surface area contributed by atoms with Gasteiger partial charge in [0.05, 0.1) is 32.5 Å². The number of aliphatic hydroxyl groups is 2. The Morgan fingerprint density at radius 1 is 0.767 bits per heavy atom. The highest BCUT2D eigenvalue weighted by Crippen LogP contribution is 2.48. The maximum Gasteiger partial charge on any atom is 0.283 e. The molecule has 3 unspecified atom stereocenters. The minimum Gasteiger partial charge on any atom is -0.459 e. The van der Waals surface area contributed by atoms with E-state index in [4.69, 9.17) is 42.2 Å². The zero-order valence-corrected chi connectivity index (χ0v) is 47.4. The fourth-order valence-electron chi connectivity index (χ4n) is 4.58. The predicted octanol–water partition coefficient (Wildman–Crippen LogP) is 13.7. The number of nitriles is 1. The molecule has 4 rings (SSSR count). The molecule has 4 aliphatic rings. The summed E-state index contributed by atoms with van der Waals surface area (Å²) in [5.74, 6) is 5.44. The second kappa shape index (κ2) is 53.9. The average molecular weight is 1190 g/mol. The van der Waals surface area contributed by atoms with Crippen LogP contribution in [0.5, 0.6) is 0 Å². The molecule has 374 valence electrons. The summed E-state index contributed by atoms with van der Waals surface area (Å²) in [5, 5.41) is 38.5. The Labute approximate surface area is 413 Å². The SMILES string of the molecule is C.C.C.C.CBr.CBr.CBr.CC.CC.CC.CC(C)(CC1(O)CC1)NS(=O)C(C)(C)C.CC(C)(N)CC1(O)CC1.CC1(C)CC2(CC2)OC(N)=N1.N#CBr.N#N.O=O.PP. The van der Waals surface area contributed by atoms with Crippen molar-refractivity contribution in [3.05, 3.63) is 9.93 Å². The minimum atomic E-state index is -1.07. The number of nitrogens with one attached hydrogen (secondary N) is 1. The Morgan fingerprint density at radius 3 is 1.22 bits per heavy atom. The zero-order chi connectivity index (χ0) is 47.8. The standard InChI is InChI=1S/C11H23NO2S.C8H14N2O.C7H15NO.3C2H6.CBrN.3CH3Br.4CH4.N2.O2.H4P2/c1-9(2,3)15(14)12-10(4,5)8-11(13)6-7-11;1-7(2)5-8(3-4-8)11-6(9)10-7;1-6(2,8)5-7(9)3-4-7;3*1-2;2-1-3;3*1-2;;;;;3*1-2/h12-13H,6-8H2,1-5H3;3-5H2,1-2H3,(H2,9,10);9H,3-5,8H2,1-2H3;3*1-2H3;;3*1H3;4*1H4;;;1-2H2. The van der Waals surface area contributed by atoms with Gasteiger partial charge in [0.1, 0.15) is 10.6 Å². The number of ether oxygens (including phenoxy) is 1. The van der Waals surface area contributed by atoms with Crippen LogP contribution >= 0.6 is 81.6 Å². The molecule has 7 N–H and O–H groups in total. The van der Waals surface area contributed by atoms with Gasteiger partial charge in [-0.2, -0.15) is 5.26 Å². The van der Waals surface area contributed by atoms with Crippen LogP contribution in [-0.4, -0.2) is 76.1 Å². The van der Waals surface area contributed by atoms with Gasteiger partial charge in [-0.05, 0) is 131 Å². The lowest BCUT2D eigenvalue weighted by Crippen LogP contribution is -2.48. The smallest absolute Gasteiger partial charge is 0.283 e. The fraction of sp³-hybridized carbons (Fsp3) is 0.950. The minimum absolute atomic E-state index is 0. The Morgan fingerprint density at radius 2 is 1.03 bits per heavy atom. The van der Waals surface area contributed by atoms with Crippen LogP contribution in [0, 0.1) is 31.0 Å². The molecule has 0 amide bonds. The van der Waals surface area contributed by atoms with Gasteiger partial charge in [0.2, 0.25) is 0 Å². The number of nitrogens with two attached hydrogens (primary N) is 2. The summed E-state index contributed by atoms with van der Waals surface area (Å²) < 4.78 is 20.2. The first-order valence-electron chi connectivity index (χ1n) is 18.2. The van der Waals surface area contributed by atoms with E-state index in [1.165, 1.54) is 0 Å². The third kappa shape index (κ3) is 65.2.